The minimum Gasteiger partial charge on any atom is -0.351 e. The van der Waals surface area contributed by atoms with E-state index in [4.69, 9.17) is 0 Å². The normalized spacial score (nSPS) is 15.7. The van der Waals surface area contributed by atoms with Crippen LogP contribution in [0.4, 0.5) is 4.79 Å². The Morgan fingerprint density at radius 2 is 1.94 bits per heavy atom. The van der Waals surface area contributed by atoms with Gasteiger partial charge < -0.3 is 14.4 Å². The first-order valence-corrected chi connectivity index (χ1v) is 6.08. The average molecular weight is 249 g/mol. The number of aryl methyl sites for hydroxylation is 1. The number of likely N-dealkylation sites (N-methyl/N-ethyl adjacent to an activating group) is 1. The van der Waals surface area contributed by atoms with Crippen LogP contribution in [0.5, 0.6) is 0 Å². The molecule has 0 spiro atoms. The van der Waals surface area contributed by atoms with Gasteiger partial charge in [0.2, 0.25) is 0 Å². The summed E-state index contributed by atoms with van der Waals surface area (Å²) < 4.78 is 1.99. The molecule has 0 N–H and O–H groups in total. The van der Waals surface area contributed by atoms with Crippen LogP contribution in [0.3, 0.4) is 0 Å². The maximum absolute atomic E-state index is 12.2. The lowest BCUT2D eigenvalue weighted by molar-refractivity contribution is 0.0951. The molecule has 0 radical (unpaired) electrons. The number of urea groups is 1. The number of carbonyl (C=O) groups excluding carboxylic acids is 2. The molecule has 98 valence electrons. The smallest absolute Gasteiger partial charge is 0.320 e. The molecule has 1 aliphatic rings. The largest absolute Gasteiger partial charge is 0.351 e. The third-order valence-electron chi connectivity index (χ3n) is 3.71. The van der Waals surface area contributed by atoms with E-state index in [-0.39, 0.29) is 18.4 Å². The SMILES string of the molecule is Cc1cc(C(=O)CN2CCN(C)C2=O)c(C)n1C. The predicted molar refractivity (Wildman–Crippen MR) is 68.8 cm³/mol. The number of hydrogen-bond acceptors (Lipinski definition) is 2. The van der Waals surface area contributed by atoms with Crippen molar-refractivity contribution in [3.8, 4) is 0 Å². The van der Waals surface area contributed by atoms with Gasteiger partial charge in [-0.2, -0.15) is 0 Å². The van der Waals surface area contributed by atoms with Crippen LogP contribution in [0, 0.1) is 13.8 Å². The van der Waals surface area contributed by atoms with Gasteiger partial charge in [0.25, 0.3) is 0 Å². The molecule has 0 aliphatic carbocycles. The molecule has 5 nitrogen and oxygen atoms in total. The highest BCUT2D eigenvalue weighted by atomic mass is 16.2. The Bertz CT molecular complexity index is 505. The van der Waals surface area contributed by atoms with Gasteiger partial charge in [0.15, 0.2) is 5.78 Å². The zero-order valence-corrected chi connectivity index (χ0v) is 11.4. The molecule has 1 aromatic rings. The van der Waals surface area contributed by atoms with Gasteiger partial charge in [-0.3, -0.25) is 4.79 Å². The van der Waals surface area contributed by atoms with E-state index in [0.29, 0.717) is 13.1 Å². The number of carbonyl (C=O) groups is 2. The minimum absolute atomic E-state index is 0.0138. The van der Waals surface area contributed by atoms with Crippen molar-refractivity contribution in [2.45, 2.75) is 13.8 Å². The highest BCUT2D eigenvalue weighted by Crippen LogP contribution is 2.15. The molecule has 0 bridgehead atoms. The van der Waals surface area contributed by atoms with E-state index in [1.54, 1.807) is 16.8 Å². The summed E-state index contributed by atoms with van der Waals surface area (Å²) in [6.07, 6.45) is 0. The topological polar surface area (TPSA) is 45.6 Å². The standard InChI is InChI=1S/C13H19N3O2/c1-9-7-11(10(2)15(9)4)12(17)8-16-6-5-14(3)13(16)18/h7H,5-6,8H2,1-4H3. The number of hydrogen-bond donors (Lipinski definition) is 0. The first-order valence-electron chi connectivity index (χ1n) is 6.08. The quantitative estimate of drug-likeness (QED) is 0.755. The van der Waals surface area contributed by atoms with Crippen molar-refractivity contribution >= 4 is 11.8 Å². The van der Waals surface area contributed by atoms with E-state index in [9.17, 15) is 9.59 Å². The average Bonchev–Trinajstić information content (AvgIpc) is 2.77. The highest BCUT2D eigenvalue weighted by molar-refractivity contribution is 6.00. The Hall–Kier alpha value is -1.78. The molecule has 2 heterocycles. The molecule has 1 aromatic heterocycles. The summed E-state index contributed by atoms with van der Waals surface area (Å²) in [7, 11) is 3.70. The first-order chi connectivity index (χ1) is 8.41. The second-order valence-corrected chi connectivity index (χ2v) is 4.89. The molecule has 1 saturated heterocycles. The van der Waals surface area contributed by atoms with Gasteiger partial charge in [-0.05, 0) is 19.9 Å². The molecule has 2 amide bonds. The van der Waals surface area contributed by atoms with Crippen LogP contribution in [0.25, 0.3) is 0 Å². The Balaban J connectivity index is 2.13. The van der Waals surface area contributed by atoms with Gasteiger partial charge in [-0.1, -0.05) is 0 Å². The fraction of sp³-hybridized carbons (Fsp3) is 0.538. The Kier molecular flexibility index (Phi) is 3.15. The van der Waals surface area contributed by atoms with Crippen molar-refractivity contribution in [2.75, 3.05) is 26.7 Å². The molecule has 1 aliphatic heterocycles. The zero-order chi connectivity index (χ0) is 13.4. The van der Waals surface area contributed by atoms with Crippen molar-refractivity contribution < 1.29 is 9.59 Å². The van der Waals surface area contributed by atoms with E-state index in [1.807, 2.05) is 31.5 Å². The highest BCUT2D eigenvalue weighted by Gasteiger charge is 2.28. The summed E-state index contributed by atoms with van der Waals surface area (Å²) in [5, 5.41) is 0. The van der Waals surface area contributed by atoms with Crippen molar-refractivity contribution in [1.29, 1.82) is 0 Å². The summed E-state index contributed by atoms with van der Waals surface area (Å²) in [4.78, 5) is 27.2. The summed E-state index contributed by atoms with van der Waals surface area (Å²) in [5.74, 6) is 0.0138. The molecule has 0 atom stereocenters. The fourth-order valence-corrected chi connectivity index (χ4v) is 2.25. The lowest BCUT2D eigenvalue weighted by atomic mass is 10.1. The lowest BCUT2D eigenvalue weighted by Gasteiger charge is -2.14. The summed E-state index contributed by atoms with van der Waals surface area (Å²) in [6.45, 7) is 5.40. The van der Waals surface area contributed by atoms with Crippen LogP contribution in [-0.2, 0) is 7.05 Å². The van der Waals surface area contributed by atoms with Crippen LogP contribution in [0.1, 0.15) is 21.7 Å². The van der Waals surface area contributed by atoms with Crippen molar-refractivity contribution in [2.24, 2.45) is 7.05 Å². The maximum Gasteiger partial charge on any atom is 0.320 e. The Morgan fingerprint density at radius 1 is 1.28 bits per heavy atom. The summed E-state index contributed by atoms with van der Waals surface area (Å²) >= 11 is 0. The molecule has 5 heteroatoms. The maximum atomic E-state index is 12.2. The number of amides is 2. The van der Waals surface area contributed by atoms with Crippen molar-refractivity contribution in [3.05, 3.63) is 23.0 Å². The second kappa shape index (κ2) is 4.48. The van der Waals surface area contributed by atoms with E-state index < -0.39 is 0 Å². The minimum atomic E-state index is -0.0614. The van der Waals surface area contributed by atoms with E-state index in [0.717, 1.165) is 17.0 Å². The number of rotatable bonds is 3. The third kappa shape index (κ3) is 2.00. The molecule has 0 unspecified atom stereocenters. The molecule has 18 heavy (non-hydrogen) atoms. The molecular weight excluding hydrogens is 230 g/mol. The van der Waals surface area contributed by atoms with Gasteiger partial charge in [-0.15, -0.1) is 0 Å². The first kappa shape index (κ1) is 12.7. The number of aromatic nitrogens is 1. The van der Waals surface area contributed by atoms with Gasteiger partial charge in [0.1, 0.15) is 0 Å². The predicted octanol–water partition coefficient (Wildman–Crippen LogP) is 1.19. The van der Waals surface area contributed by atoms with Gasteiger partial charge in [-0.25, -0.2) is 4.79 Å². The molecule has 1 fully saturated rings. The third-order valence-corrected chi connectivity index (χ3v) is 3.71. The molecule has 0 saturated carbocycles. The van der Waals surface area contributed by atoms with Crippen LogP contribution in [0.15, 0.2) is 6.07 Å². The zero-order valence-electron chi connectivity index (χ0n) is 11.4. The Labute approximate surface area is 107 Å². The van der Waals surface area contributed by atoms with Gasteiger partial charge in [0, 0.05) is 44.1 Å². The van der Waals surface area contributed by atoms with Gasteiger partial charge in [0.05, 0.1) is 6.54 Å². The number of ketones is 1. The molecule has 0 aromatic carbocycles. The number of nitrogens with zero attached hydrogens (tertiary/aromatic N) is 3. The fourth-order valence-electron chi connectivity index (χ4n) is 2.25. The van der Waals surface area contributed by atoms with E-state index in [1.165, 1.54) is 0 Å². The van der Waals surface area contributed by atoms with E-state index in [2.05, 4.69) is 0 Å². The monoisotopic (exact) mass is 249 g/mol. The van der Waals surface area contributed by atoms with Crippen molar-refractivity contribution in [1.82, 2.24) is 14.4 Å². The van der Waals surface area contributed by atoms with E-state index >= 15 is 0 Å². The lowest BCUT2D eigenvalue weighted by Crippen LogP contribution is -2.34. The van der Waals surface area contributed by atoms with Crippen LogP contribution >= 0.6 is 0 Å². The second-order valence-electron chi connectivity index (χ2n) is 4.89. The Morgan fingerprint density at radius 3 is 2.39 bits per heavy atom. The number of Topliss-reactive ketones (excluding diaryl/α,β-unsaturated/α-hetero) is 1. The summed E-state index contributed by atoms with van der Waals surface area (Å²) in [6, 6.07) is 1.83. The van der Waals surface area contributed by atoms with Crippen LogP contribution in [0.2, 0.25) is 0 Å². The van der Waals surface area contributed by atoms with Crippen LogP contribution in [-0.4, -0.2) is 52.9 Å². The van der Waals surface area contributed by atoms with Crippen LogP contribution < -0.4 is 0 Å². The summed E-state index contributed by atoms with van der Waals surface area (Å²) in [5.41, 5.74) is 2.73. The molecule has 2 rings (SSSR count). The van der Waals surface area contributed by atoms with Gasteiger partial charge >= 0.3 is 6.03 Å². The molecular formula is C13H19N3O2. The van der Waals surface area contributed by atoms with Crippen molar-refractivity contribution in [3.63, 3.8) is 0 Å².